The molecule has 0 aromatic heterocycles. The third-order valence-electron chi connectivity index (χ3n) is 2.63. The van der Waals surface area contributed by atoms with Gasteiger partial charge in [0, 0.05) is 6.54 Å². The lowest BCUT2D eigenvalue weighted by atomic mass is 10.1. The van der Waals surface area contributed by atoms with Crippen LogP contribution in [-0.2, 0) is 4.79 Å². The second kappa shape index (κ2) is 5.81. The number of hydrogen-bond donors (Lipinski definition) is 2. The molecule has 1 aliphatic rings. The zero-order valence-electron chi connectivity index (χ0n) is 8.75. The van der Waals surface area contributed by atoms with Crippen LogP contribution < -0.4 is 5.32 Å². The molecule has 0 aromatic rings. The first kappa shape index (κ1) is 11.2. The Labute approximate surface area is 85.2 Å². The van der Waals surface area contributed by atoms with Crippen LogP contribution in [0, 0.1) is 5.92 Å². The molecular weight excluding hydrogens is 178 g/mol. The van der Waals surface area contributed by atoms with E-state index in [0.29, 0.717) is 6.54 Å². The molecular formula is C11H19NO2. The molecule has 0 radical (unpaired) electrons. The number of nitrogens with one attached hydrogen (secondary N) is 1. The maximum absolute atomic E-state index is 10.5. The molecule has 2 N–H and O–H groups in total. The van der Waals surface area contributed by atoms with Crippen molar-refractivity contribution in [2.45, 2.75) is 32.6 Å². The Balaban J connectivity index is 2.01. The van der Waals surface area contributed by atoms with Gasteiger partial charge >= 0.3 is 5.97 Å². The lowest BCUT2D eigenvalue weighted by molar-refractivity contribution is -0.140. The van der Waals surface area contributed by atoms with Crippen molar-refractivity contribution in [3.63, 3.8) is 0 Å². The van der Waals surface area contributed by atoms with E-state index < -0.39 is 5.97 Å². The van der Waals surface area contributed by atoms with Crippen molar-refractivity contribution in [2.24, 2.45) is 5.92 Å². The molecule has 3 nitrogen and oxygen atoms in total. The van der Waals surface area contributed by atoms with Gasteiger partial charge in [0.25, 0.3) is 0 Å². The Hall–Kier alpha value is -0.830. The Morgan fingerprint density at radius 2 is 2.50 bits per heavy atom. The van der Waals surface area contributed by atoms with Crippen LogP contribution in [0.2, 0.25) is 0 Å². The minimum absolute atomic E-state index is 0.285. The molecule has 0 fully saturated rings. The van der Waals surface area contributed by atoms with Gasteiger partial charge in [-0.25, -0.2) is 0 Å². The number of carboxylic acid groups (broad SMARTS) is 1. The maximum atomic E-state index is 10.5. The SMILES string of the molecule is CC(CNCCC1=CCCC1)C(=O)O. The normalized spacial score (nSPS) is 17.9. The molecule has 0 heterocycles. The number of carboxylic acids is 1. The summed E-state index contributed by atoms with van der Waals surface area (Å²) in [5.41, 5.74) is 1.53. The molecule has 80 valence electrons. The Morgan fingerprint density at radius 1 is 1.71 bits per heavy atom. The van der Waals surface area contributed by atoms with E-state index in [1.807, 2.05) is 0 Å². The van der Waals surface area contributed by atoms with Crippen molar-refractivity contribution < 1.29 is 9.90 Å². The second-order valence-electron chi connectivity index (χ2n) is 3.95. The third kappa shape index (κ3) is 3.92. The largest absolute Gasteiger partial charge is 0.481 e. The van der Waals surface area contributed by atoms with Crippen molar-refractivity contribution >= 4 is 5.97 Å². The van der Waals surface area contributed by atoms with E-state index in [1.165, 1.54) is 24.8 Å². The fraction of sp³-hybridized carbons (Fsp3) is 0.727. The van der Waals surface area contributed by atoms with E-state index >= 15 is 0 Å². The highest BCUT2D eigenvalue weighted by atomic mass is 16.4. The summed E-state index contributed by atoms with van der Waals surface area (Å²) >= 11 is 0. The predicted molar refractivity (Wildman–Crippen MR) is 56.2 cm³/mol. The van der Waals surface area contributed by atoms with Crippen molar-refractivity contribution in [3.8, 4) is 0 Å². The van der Waals surface area contributed by atoms with Gasteiger partial charge in [-0.1, -0.05) is 18.6 Å². The average Bonchev–Trinajstić information content (AvgIpc) is 2.64. The van der Waals surface area contributed by atoms with Crippen molar-refractivity contribution in [1.82, 2.24) is 5.32 Å². The average molecular weight is 197 g/mol. The molecule has 1 atom stereocenters. The van der Waals surface area contributed by atoms with E-state index in [1.54, 1.807) is 6.92 Å². The summed E-state index contributed by atoms with van der Waals surface area (Å²) in [5.74, 6) is -1.01. The summed E-state index contributed by atoms with van der Waals surface area (Å²) in [6.07, 6.45) is 7.13. The van der Waals surface area contributed by atoms with Crippen molar-refractivity contribution in [2.75, 3.05) is 13.1 Å². The fourth-order valence-corrected chi connectivity index (χ4v) is 1.62. The molecule has 0 amide bonds. The first-order chi connectivity index (χ1) is 6.70. The van der Waals surface area contributed by atoms with E-state index in [9.17, 15) is 4.79 Å². The number of hydrogen-bond acceptors (Lipinski definition) is 2. The van der Waals surface area contributed by atoms with E-state index in [4.69, 9.17) is 5.11 Å². The second-order valence-corrected chi connectivity index (χ2v) is 3.95. The molecule has 14 heavy (non-hydrogen) atoms. The number of carbonyl (C=O) groups is 1. The Kier molecular flexibility index (Phi) is 4.66. The van der Waals surface area contributed by atoms with Gasteiger partial charge in [-0.05, 0) is 32.2 Å². The summed E-state index contributed by atoms with van der Waals surface area (Å²) in [6.45, 7) is 3.20. The molecule has 0 saturated heterocycles. The minimum Gasteiger partial charge on any atom is -0.481 e. The lowest BCUT2D eigenvalue weighted by Crippen LogP contribution is -2.27. The van der Waals surface area contributed by atoms with E-state index in [-0.39, 0.29) is 5.92 Å². The molecule has 3 heteroatoms. The third-order valence-corrected chi connectivity index (χ3v) is 2.63. The van der Waals surface area contributed by atoms with Crippen LogP contribution in [0.4, 0.5) is 0 Å². The highest BCUT2D eigenvalue weighted by Crippen LogP contribution is 2.19. The summed E-state index contributed by atoms with van der Waals surface area (Å²) in [7, 11) is 0. The molecule has 0 bridgehead atoms. The van der Waals surface area contributed by atoms with Crippen LogP contribution in [0.1, 0.15) is 32.6 Å². The van der Waals surface area contributed by atoms with Crippen LogP contribution >= 0.6 is 0 Å². The van der Waals surface area contributed by atoms with Crippen LogP contribution in [0.5, 0.6) is 0 Å². The van der Waals surface area contributed by atoms with Gasteiger partial charge < -0.3 is 10.4 Å². The quantitative estimate of drug-likeness (QED) is 0.504. The van der Waals surface area contributed by atoms with Gasteiger partial charge in [0.05, 0.1) is 5.92 Å². The molecule has 0 saturated carbocycles. The zero-order valence-corrected chi connectivity index (χ0v) is 8.75. The predicted octanol–water partition coefficient (Wildman–Crippen LogP) is 1.80. The van der Waals surface area contributed by atoms with Crippen LogP contribution in [0.3, 0.4) is 0 Å². The van der Waals surface area contributed by atoms with Crippen LogP contribution in [-0.4, -0.2) is 24.2 Å². The molecule has 0 aromatic carbocycles. The van der Waals surface area contributed by atoms with Gasteiger partial charge in [-0.3, -0.25) is 4.79 Å². The Morgan fingerprint density at radius 3 is 3.07 bits per heavy atom. The van der Waals surface area contributed by atoms with E-state index in [0.717, 1.165) is 13.0 Å². The highest BCUT2D eigenvalue weighted by molar-refractivity contribution is 5.69. The first-order valence-corrected chi connectivity index (χ1v) is 5.31. The summed E-state index contributed by atoms with van der Waals surface area (Å²) < 4.78 is 0. The molecule has 1 aliphatic carbocycles. The molecule has 0 aliphatic heterocycles. The molecule has 1 unspecified atom stereocenters. The van der Waals surface area contributed by atoms with Gasteiger partial charge in [0.1, 0.15) is 0 Å². The number of rotatable bonds is 6. The standard InChI is InChI=1S/C11H19NO2/c1-9(11(13)14)8-12-7-6-10-4-2-3-5-10/h4,9,12H,2-3,5-8H2,1H3,(H,13,14). The van der Waals surface area contributed by atoms with Gasteiger partial charge in [-0.15, -0.1) is 0 Å². The van der Waals surface area contributed by atoms with Gasteiger partial charge in [0.2, 0.25) is 0 Å². The Bertz CT molecular complexity index is 223. The maximum Gasteiger partial charge on any atom is 0.307 e. The van der Waals surface area contributed by atoms with Crippen LogP contribution in [0.25, 0.3) is 0 Å². The summed E-state index contributed by atoms with van der Waals surface area (Å²) in [5, 5.41) is 11.8. The zero-order chi connectivity index (χ0) is 10.4. The smallest absolute Gasteiger partial charge is 0.307 e. The topological polar surface area (TPSA) is 49.3 Å². The molecule has 0 spiro atoms. The fourth-order valence-electron chi connectivity index (χ4n) is 1.62. The van der Waals surface area contributed by atoms with Gasteiger partial charge in [-0.2, -0.15) is 0 Å². The highest BCUT2D eigenvalue weighted by Gasteiger charge is 2.09. The first-order valence-electron chi connectivity index (χ1n) is 5.31. The van der Waals surface area contributed by atoms with Crippen molar-refractivity contribution in [3.05, 3.63) is 11.6 Å². The van der Waals surface area contributed by atoms with Gasteiger partial charge in [0.15, 0.2) is 0 Å². The summed E-state index contributed by atoms with van der Waals surface area (Å²) in [6, 6.07) is 0. The minimum atomic E-state index is -0.724. The molecule has 1 rings (SSSR count). The van der Waals surface area contributed by atoms with Crippen LogP contribution in [0.15, 0.2) is 11.6 Å². The number of allylic oxidation sites excluding steroid dienone is 1. The van der Waals surface area contributed by atoms with Crippen molar-refractivity contribution in [1.29, 1.82) is 0 Å². The van der Waals surface area contributed by atoms with E-state index in [2.05, 4.69) is 11.4 Å². The lowest BCUT2D eigenvalue weighted by Gasteiger charge is -2.08. The number of aliphatic carboxylic acids is 1. The summed E-state index contributed by atoms with van der Waals surface area (Å²) in [4.78, 5) is 10.5. The monoisotopic (exact) mass is 197 g/mol.